The van der Waals surface area contributed by atoms with Crippen molar-refractivity contribution in [1.29, 1.82) is 0 Å². The van der Waals surface area contributed by atoms with Crippen LogP contribution in [0, 0.1) is 0 Å². The van der Waals surface area contributed by atoms with Gasteiger partial charge in [0.15, 0.2) is 0 Å². The van der Waals surface area contributed by atoms with Crippen LogP contribution in [-0.2, 0) is 6.54 Å². The number of hydrogen-bond acceptors (Lipinski definition) is 3. The molecule has 0 radical (unpaired) electrons. The molecule has 0 spiro atoms. The molecule has 0 heterocycles. The first-order valence-corrected chi connectivity index (χ1v) is 5.17. The average Bonchev–Trinajstić information content (AvgIpc) is 2.25. The van der Waals surface area contributed by atoms with E-state index in [1.165, 1.54) is 0 Å². The lowest BCUT2D eigenvalue weighted by atomic mass is 10.1. The van der Waals surface area contributed by atoms with Crippen molar-refractivity contribution < 1.29 is 19.8 Å². The summed E-state index contributed by atoms with van der Waals surface area (Å²) in [5, 5.41) is 18.2. The van der Waals surface area contributed by atoms with Crippen LogP contribution in [0.25, 0.3) is 0 Å². The summed E-state index contributed by atoms with van der Waals surface area (Å²) in [6.45, 7) is 0.501. The van der Waals surface area contributed by atoms with Gasteiger partial charge in [0.05, 0.1) is 5.69 Å². The largest absolute Gasteiger partial charge is 0.464 e. The standard InChI is InChI=1S/C11H15N3O4/c1-13(2)7-8-5-3-4-6-9(8)14(11(17)18)12-10(15)16/h3-6,12H,7H2,1-2H3,(H,15,16)(H,17,18). The quantitative estimate of drug-likeness (QED) is 0.708. The summed E-state index contributed by atoms with van der Waals surface area (Å²) < 4.78 is 0. The molecule has 0 unspecified atom stereocenters. The number of hydrazine groups is 1. The molecule has 1 rings (SSSR count). The maximum absolute atomic E-state index is 11.1. The van der Waals surface area contributed by atoms with Crippen LogP contribution in [0.5, 0.6) is 0 Å². The zero-order valence-corrected chi connectivity index (χ0v) is 10.1. The van der Waals surface area contributed by atoms with E-state index in [4.69, 9.17) is 10.2 Å². The summed E-state index contributed by atoms with van der Waals surface area (Å²) in [4.78, 5) is 23.5. The number of anilines is 1. The number of rotatable bonds is 3. The minimum Gasteiger partial charge on any atom is -0.464 e. The SMILES string of the molecule is CN(C)Cc1ccccc1N(NC(=O)O)C(=O)O. The number of nitrogens with zero attached hydrogens (tertiary/aromatic N) is 2. The third-order valence-electron chi connectivity index (χ3n) is 2.12. The number of nitrogens with one attached hydrogen (secondary N) is 1. The first kappa shape index (κ1) is 13.8. The van der Waals surface area contributed by atoms with Gasteiger partial charge in [0, 0.05) is 6.54 Å². The van der Waals surface area contributed by atoms with Gasteiger partial charge in [-0.2, -0.15) is 5.01 Å². The fourth-order valence-corrected chi connectivity index (χ4v) is 1.51. The van der Waals surface area contributed by atoms with Crippen LogP contribution in [-0.4, -0.2) is 41.4 Å². The van der Waals surface area contributed by atoms with Crippen molar-refractivity contribution in [3.63, 3.8) is 0 Å². The predicted octanol–water partition coefficient (Wildman–Crippen LogP) is 1.42. The molecule has 18 heavy (non-hydrogen) atoms. The molecule has 0 aliphatic carbocycles. The molecular formula is C11H15N3O4. The molecule has 7 nitrogen and oxygen atoms in total. The van der Waals surface area contributed by atoms with Gasteiger partial charge in [-0.25, -0.2) is 15.0 Å². The molecular weight excluding hydrogens is 238 g/mol. The Morgan fingerprint density at radius 3 is 2.33 bits per heavy atom. The molecule has 0 aliphatic heterocycles. The van der Waals surface area contributed by atoms with Crippen LogP contribution >= 0.6 is 0 Å². The number of hydrogen-bond donors (Lipinski definition) is 3. The number of carboxylic acid groups (broad SMARTS) is 2. The molecule has 7 heteroatoms. The van der Waals surface area contributed by atoms with Crippen LogP contribution in [0.3, 0.4) is 0 Å². The lowest BCUT2D eigenvalue weighted by Gasteiger charge is -2.22. The molecule has 0 saturated carbocycles. The Kier molecular flexibility index (Phi) is 4.50. The van der Waals surface area contributed by atoms with Crippen molar-refractivity contribution >= 4 is 17.9 Å². The molecule has 0 bridgehead atoms. The first-order valence-electron chi connectivity index (χ1n) is 5.17. The second kappa shape index (κ2) is 5.87. The monoisotopic (exact) mass is 253 g/mol. The fourth-order valence-electron chi connectivity index (χ4n) is 1.51. The highest BCUT2D eigenvalue weighted by Gasteiger charge is 2.19. The molecule has 0 atom stereocenters. The third-order valence-corrected chi connectivity index (χ3v) is 2.12. The van der Waals surface area contributed by atoms with Crippen LogP contribution in [0.4, 0.5) is 15.3 Å². The molecule has 0 aromatic heterocycles. The molecule has 98 valence electrons. The van der Waals surface area contributed by atoms with E-state index in [0.29, 0.717) is 22.8 Å². The van der Waals surface area contributed by atoms with E-state index in [0.717, 1.165) is 0 Å². The Morgan fingerprint density at radius 2 is 1.83 bits per heavy atom. The zero-order chi connectivity index (χ0) is 13.7. The number of carbonyl (C=O) groups is 2. The smallest absolute Gasteiger partial charge is 0.431 e. The highest BCUT2D eigenvalue weighted by molar-refractivity contribution is 5.89. The summed E-state index contributed by atoms with van der Waals surface area (Å²) >= 11 is 0. The van der Waals surface area contributed by atoms with Crippen LogP contribution < -0.4 is 10.4 Å². The topological polar surface area (TPSA) is 93.1 Å². The minimum atomic E-state index is -1.43. The molecule has 0 aliphatic rings. The van der Waals surface area contributed by atoms with Gasteiger partial charge in [-0.05, 0) is 25.7 Å². The zero-order valence-electron chi connectivity index (χ0n) is 10.1. The lowest BCUT2D eigenvalue weighted by Crippen LogP contribution is -2.45. The van der Waals surface area contributed by atoms with E-state index < -0.39 is 12.2 Å². The highest BCUT2D eigenvalue weighted by atomic mass is 16.4. The molecule has 1 aromatic rings. The summed E-state index contributed by atoms with van der Waals surface area (Å²) in [6, 6.07) is 6.70. The molecule has 0 saturated heterocycles. The van der Waals surface area contributed by atoms with Gasteiger partial charge in [0.1, 0.15) is 0 Å². The van der Waals surface area contributed by atoms with Gasteiger partial charge >= 0.3 is 12.2 Å². The van der Waals surface area contributed by atoms with Gasteiger partial charge in [0.2, 0.25) is 0 Å². The number of amides is 2. The lowest BCUT2D eigenvalue weighted by molar-refractivity contribution is 0.181. The highest BCUT2D eigenvalue weighted by Crippen LogP contribution is 2.20. The molecule has 2 amide bonds. The Balaban J connectivity index is 3.10. The predicted molar refractivity (Wildman–Crippen MR) is 65.5 cm³/mol. The van der Waals surface area contributed by atoms with Crippen LogP contribution in [0.1, 0.15) is 5.56 Å². The normalized spacial score (nSPS) is 10.2. The van der Waals surface area contributed by atoms with Crippen molar-refractivity contribution in [2.24, 2.45) is 0 Å². The second-order valence-electron chi connectivity index (χ2n) is 3.90. The van der Waals surface area contributed by atoms with Crippen LogP contribution in [0.2, 0.25) is 0 Å². The molecule has 3 N–H and O–H groups in total. The minimum absolute atomic E-state index is 0.293. The summed E-state index contributed by atoms with van der Waals surface area (Å²) in [5.74, 6) is 0. The summed E-state index contributed by atoms with van der Waals surface area (Å²) in [6.07, 6.45) is -2.82. The Hall–Kier alpha value is -2.28. The van der Waals surface area contributed by atoms with E-state index in [1.54, 1.807) is 24.3 Å². The van der Waals surface area contributed by atoms with Gasteiger partial charge in [-0.3, -0.25) is 0 Å². The van der Waals surface area contributed by atoms with E-state index in [9.17, 15) is 9.59 Å². The Labute approximate surface area is 104 Å². The number of para-hydroxylation sites is 1. The molecule has 0 fully saturated rings. The number of benzene rings is 1. The van der Waals surface area contributed by atoms with E-state index in [1.807, 2.05) is 24.4 Å². The van der Waals surface area contributed by atoms with Crippen LogP contribution in [0.15, 0.2) is 24.3 Å². The third kappa shape index (κ3) is 3.63. The summed E-state index contributed by atoms with van der Waals surface area (Å²) in [5.41, 5.74) is 2.84. The van der Waals surface area contributed by atoms with Crippen molar-refractivity contribution in [1.82, 2.24) is 10.3 Å². The van der Waals surface area contributed by atoms with Gasteiger partial charge in [-0.15, -0.1) is 0 Å². The summed E-state index contributed by atoms with van der Waals surface area (Å²) in [7, 11) is 3.68. The Morgan fingerprint density at radius 1 is 1.22 bits per heavy atom. The second-order valence-corrected chi connectivity index (χ2v) is 3.90. The fraction of sp³-hybridized carbons (Fsp3) is 0.273. The van der Waals surface area contributed by atoms with Crippen molar-refractivity contribution in [2.45, 2.75) is 6.54 Å². The van der Waals surface area contributed by atoms with E-state index >= 15 is 0 Å². The molecule has 1 aromatic carbocycles. The van der Waals surface area contributed by atoms with Gasteiger partial charge < -0.3 is 15.1 Å². The first-order chi connectivity index (χ1) is 8.41. The van der Waals surface area contributed by atoms with Gasteiger partial charge in [-0.1, -0.05) is 18.2 Å². The maximum Gasteiger partial charge on any atom is 0.431 e. The van der Waals surface area contributed by atoms with Gasteiger partial charge in [0.25, 0.3) is 0 Å². The average molecular weight is 253 g/mol. The van der Waals surface area contributed by atoms with Crippen molar-refractivity contribution in [2.75, 3.05) is 19.1 Å². The van der Waals surface area contributed by atoms with Crippen molar-refractivity contribution in [3.8, 4) is 0 Å². The van der Waals surface area contributed by atoms with E-state index in [2.05, 4.69) is 0 Å². The van der Waals surface area contributed by atoms with Crippen molar-refractivity contribution in [3.05, 3.63) is 29.8 Å². The maximum atomic E-state index is 11.1. The van der Waals surface area contributed by atoms with E-state index in [-0.39, 0.29) is 0 Å². The Bertz CT molecular complexity index is 448.